The van der Waals surface area contributed by atoms with Crippen LogP contribution in [0.25, 0.3) is 0 Å². The molecule has 1 fully saturated rings. The van der Waals surface area contributed by atoms with Gasteiger partial charge in [-0.3, -0.25) is 4.90 Å². The van der Waals surface area contributed by atoms with Crippen LogP contribution in [-0.4, -0.2) is 32.2 Å². The van der Waals surface area contributed by atoms with Crippen molar-refractivity contribution in [1.82, 2.24) is 4.90 Å². The molecule has 0 aliphatic carbocycles. The first-order chi connectivity index (χ1) is 8.92. The zero-order chi connectivity index (χ0) is 13.9. The summed E-state index contributed by atoms with van der Waals surface area (Å²) in [5.74, 6) is 0.339. The van der Waals surface area contributed by atoms with Crippen LogP contribution >= 0.6 is 15.9 Å². The lowest BCUT2D eigenvalue weighted by Gasteiger charge is -2.31. The van der Waals surface area contributed by atoms with Crippen LogP contribution in [0.15, 0.2) is 28.7 Å². The largest absolute Gasteiger partial charge is 0.299 e. The minimum Gasteiger partial charge on any atom is -0.299 e. The number of hydrogen-bond donors (Lipinski definition) is 1. The standard InChI is InChI=1S/C13H19BrN2O2S/c14-13-3-1-2-12(8-13)9-16-6-4-11(5-7-16)10-19(15,17)18/h1-3,8,11H,4-7,9-10H2,(H2,15,17,18). The smallest absolute Gasteiger partial charge is 0.209 e. The maximum atomic E-state index is 11.1. The molecular weight excluding hydrogens is 328 g/mol. The summed E-state index contributed by atoms with van der Waals surface area (Å²) in [6, 6.07) is 8.28. The maximum absolute atomic E-state index is 11.1. The van der Waals surface area contributed by atoms with E-state index in [1.165, 1.54) is 5.56 Å². The molecule has 0 saturated carbocycles. The van der Waals surface area contributed by atoms with Gasteiger partial charge in [-0.2, -0.15) is 0 Å². The van der Waals surface area contributed by atoms with E-state index in [2.05, 4.69) is 33.0 Å². The van der Waals surface area contributed by atoms with Gasteiger partial charge >= 0.3 is 0 Å². The topological polar surface area (TPSA) is 63.4 Å². The van der Waals surface area contributed by atoms with Crippen LogP contribution in [0.5, 0.6) is 0 Å². The fourth-order valence-corrected chi connectivity index (χ4v) is 3.97. The third-order valence-electron chi connectivity index (χ3n) is 3.47. The molecule has 19 heavy (non-hydrogen) atoms. The van der Waals surface area contributed by atoms with Gasteiger partial charge in [0.15, 0.2) is 0 Å². The Morgan fingerprint density at radius 2 is 2.00 bits per heavy atom. The van der Waals surface area contributed by atoms with Gasteiger partial charge in [0.25, 0.3) is 0 Å². The van der Waals surface area contributed by atoms with Crippen molar-refractivity contribution in [2.75, 3.05) is 18.8 Å². The molecule has 4 nitrogen and oxygen atoms in total. The van der Waals surface area contributed by atoms with Crippen molar-refractivity contribution in [3.05, 3.63) is 34.3 Å². The molecule has 0 atom stereocenters. The van der Waals surface area contributed by atoms with Crippen molar-refractivity contribution in [3.63, 3.8) is 0 Å². The molecule has 1 aromatic carbocycles. The molecular formula is C13H19BrN2O2S. The van der Waals surface area contributed by atoms with Gasteiger partial charge in [-0.1, -0.05) is 28.1 Å². The van der Waals surface area contributed by atoms with Crippen molar-refractivity contribution < 1.29 is 8.42 Å². The summed E-state index contributed by atoms with van der Waals surface area (Å²) >= 11 is 3.47. The summed E-state index contributed by atoms with van der Waals surface area (Å²) in [6.45, 7) is 2.79. The zero-order valence-corrected chi connectivity index (χ0v) is 13.2. The molecule has 1 aromatic rings. The number of nitrogens with two attached hydrogens (primary N) is 1. The quantitative estimate of drug-likeness (QED) is 0.906. The van der Waals surface area contributed by atoms with Crippen molar-refractivity contribution in [3.8, 4) is 0 Å². The number of likely N-dealkylation sites (tertiary alicyclic amines) is 1. The number of nitrogens with zero attached hydrogens (tertiary/aromatic N) is 1. The van der Waals surface area contributed by atoms with Crippen LogP contribution in [0.3, 0.4) is 0 Å². The fraction of sp³-hybridized carbons (Fsp3) is 0.538. The van der Waals surface area contributed by atoms with E-state index in [0.717, 1.165) is 36.9 Å². The zero-order valence-electron chi connectivity index (χ0n) is 10.8. The van der Waals surface area contributed by atoms with Crippen molar-refractivity contribution in [1.29, 1.82) is 0 Å². The van der Waals surface area contributed by atoms with Crippen LogP contribution in [0.4, 0.5) is 0 Å². The molecule has 1 aliphatic heterocycles. The highest BCUT2D eigenvalue weighted by molar-refractivity contribution is 9.10. The number of hydrogen-bond acceptors (Lipinski definition) is 3. The van der Waals surface area contributed by atoms with Crippen LogP contribution in [0.1, 0.15) is 18.4 Å². The molecule has 1 saturated heterocycles. The fourth-order valence-electron chi connectivity index (χ4n) is 2.53. The van der Waals surface area contributed by atoms with E-state index in [1.54, 1.807) is 0 Å². The van der Waals surface area contributed by atoms with E-state index in [0.29, 0.717) is 0 Å². The van der Waals surface area contributed by atoms with E-state index in [1.807, 2.05) is 12.1 Å². The molecule has 1 aliphatic rings. The minimum atomic E-state index is -3.33. The third kappa shape index (κ3) is 5.22. The van der Waals surface area contributed by atoms with E-state index >= 15 is 0 Å². The molecule has 0 bridgehead atoms. The number of sulfonamides is 1. The van der Waals surface area contributed by atoms with E-state index < -0.39 is 10.0 Å². The lowest BCUT2D eigenvalue weighted by molar-refractivity contribution is 0.186. The highest BCUT2D eigenvalue weighted by Crippen LogP contribution is 2.21. The number of halogens is 1. The summed E-state index contributed by atoms with van der Waals surface area (Å²) in [4.78, 5) is 2.36. The number of benzene rings is 1. The Balaban J connectivity index is 1.84. The third-order valence-corrected chi connectivity index (χ3v) is 4.90. The Morgan fingerprint density at radius 1 is 1.32 bits per heavy atom. The van der Waals surface area contributed by atoms with Crippen molar-refractivity contribution in [2.24, 2.45) is 11.1 Å². The summed E-state index contributed by atoms with van der Waals surface area (Å²) in [7, 11) is -3.33. The second kappa shape index (κ2) is 6.35. The summed E-state index contributed by atoms with van der Waals surface area (Å²) in [5, 5.41) is 5.09. The summed E-state index contributed by atoms with van der Waals surface area (Å²) < 4.78 is 23.2. The molecule has 2 rings (SSSR count). The van der Waals surface area contributed by atoms with Gasteiger partial charge in [-0.15, -0.1) is 0 Å². The highest BCUT2D eigenvalue weighted by Gasteiger charge is 2.22. The number of primary sulfonamides is 1. The van der Waals surface area contributed by atoms with Crippen LogP contribution in [-0.2, 0) is 16.6 Å². The predicted octanol–water partition coefficient (Wildman–Crippen LogP) is 1.95. The average molecular weight is 347 g/mol. The molecule has 0 amide bonds. The van der Waals surface area contributed by atoms with Crippen LogP contribution in [0.2, 0.25) is 0 Å². The Bertz CT molecular complexity index is 525. The number of piperidine rings is 1. The molecule has 0 aromatic heterocycles. The van der Waals surface area contributed by atoms with Gasteiger partial charge < -0.3 is 0 Å². The van der Waals surface area contributed by atoms with Crippen LogP contribution in [0, 0.1) is 5.92 Å². The second-order valence-electron chi connectivity index (χ2n) is 5.18. The molecule has 1 heterocycles. The molecule has 0 spiro atoms. The van der Waals surface area contributed by atoms with Gasteiger partial charge in [-0.25, -0.2) is 13.6 Å². The van der Waals surface area contributed by atoms with Gasteiger partial charge in [0.05, 0.1) is 5.75 Å². The molecule has 2 N–H and O–H groups in total. The maximum Gasteiger partial charge on any atom is 0.209 e. The Kier molecular flexibility index (Phi) is 5.00. The van der Waals surface area contributed by atoms with Gasteiger partial charge in [-0.05, 0) is 49.5 Å². The Labute approximate surface area is 123 Å². The van der Waals surface area contributed by atoms with Gasteiger partial charge in [0.1, 0.15) is 0 Å². The normalized spacial score (nSPS) is 18.6. The lowest BCUT2D eigenvalue weighted by Crippen LogP contribution is -2.36. The summed E-state index contributed by atoms with van der Waals surface area (Å²) in [5.41, 5.74) is 1.28. The van der Waals surface area contributed by atoms with Crippen molar-refractivity contribution >= 4 is 26.0 Å². The lowest BCUT2D eigenvalue weighted by atomic mass is 9.98. The van der Waals surface area contributed by atoms with E-state index in [-0.39, 0.29) is 11.7 Å². The molecule has 6 heteroatoms. The summed E-state index contributed by atoms with van der Waals surface area (Å²) in [6.07, 6.45) is 1.81. The second-order valence-corrected chi connectivity index (χ2v) is 7.75. The van der Waals surface area contributed by atoms with E-state index in [4.69, 9.17) is 5.14 Å². The minimum absolute atomic E-state index is 0.123. The van der Waals surface area contributed by atoms with Gasteiger partial charge in [0.2, 0.25) is 10.0 Å². The Morgan fingerprint density at radius 3 is 2.58 bits per heavy atom. The highest BCUT2D eigenvalue weighted by atomic mass is 79.9. The molecule has 0 unspecified atom stereocenters. The first-order valence-corrected chi connectivity index (χ1v) is 8.90. The monoisotopic (exact) mass is 346 g/mol. The van der Waals surface area contributed by atoms with Crippen molar-refractivity contribution in [2.45, 2.75) is 19.4 Å². The molecule has 106 valence electrons. The first-order valence-electron chi connectivity index (χ1n) is 6.40. The van der Waals surface area contributed by atoms with E-state index in [9.17, 15) is 8.42 Å². The number of rotatable bonds is 4. The van der Waals surface area contributed by atoms with Crippen LogP contribution < -0.4 is 5.14 Å². The first kappa shape index (κ1) is 15.0. The Hall–Kier alpha value is -0.430. The van der Waals surface area contributed by atoms with Gasteiger partial charge in [0, 0.05) is 11.0 Å². The SMILES string of the molecule is NS(=O)(=O)CC1CCN(Cc2cccc(Br)c2)CC1. The molecule has 0 radical (unpaired) electrons. The average Bonchev–Trinajstić information content (AvgIpc) is 2.30. The predicted molar refractivity (Wildman–Crippen MR) is 80.1 cm³/mol.